The lowest BCUT2D eigenvalue weighted by Crippen LogP contribution is -2.32. The van der Waals surface area contributed by atoms with Gasteiger partial charge in [-0.15, -0.1) is 11.8 Å². The van der Waals surface area contributed by atoms with Crippen LogP contribution in [0.25, 0.3) is 0 Å². The number of amides is 1. The van der Waals surface area contributed by atoms with E-state index in [2.05, 4.69) is 5.32 Å². The fourth-order valence-corrected chi connectivity index (χ4v) is 5.47. The molecule has 1 heterocycles. The Morgan fingerprint density at radius 3 is 2.23 bits per heavy atom. The summed E-state index contributed by atoms with van der Waals surface area (Å²) in [5.41, 5.74) is 1.02. The molecule has 0 radical (unpaired) electrons. The molecule has 8 heteroatoms. The number of sulfonamides is 1. The summed E-state index contributed by atoms with van der Waals surface area (Å²) in [7, 11) is -3.49. The minimum Gasteiger partial charge on any atom is -0.484 e. The maximum absolute atomic E-state index is 12.8. The zero-order chi connectivity index (χ0) is 22.3. The van der Waals surface area contributed by atoms with Gasteiger partial charge in [0.2, 0.25) is 10.0 Å². The molecule has 168 valence electrons. The van der Waals surface area contributed by atoms with Crippen molar-refractivity contribution in [3.8, 4) is 5.75 Å². The van der Waals surface area contributed by atoms with Crippen LogP contribution in [0, 0.1) is 0 Å². The van der Waals surface area contributed by atoms with E-state index in [-0.39, 0.29) is 23.5 Å². The van der Waals surface area contributed by atoms with Crippen LogP contribution in [0.15, 0.2) is 58.3 Å². The molecule has 1 amide bonds. The van der Waals surface area contributed by atoms with E-state index in [1.165, 1.54) is 4.90 Å². The van der Waals surface area contributed by atoms with Gasteiger partial charge in [-0.2, -0.15) is 4.31 Å². The van der Waals surface area contributed by atoms with E-state index in [1.54, 1.807) is 40.3 Å². The van der Waals surface area contributed by atoms with Crippen LogP contribution in [0.2, 0.25) is 0 Å². The van der Waals surface area contributed by atoms with E-state index >= 15 is 0 Å². The first-order chi connectivity index (χ1) is 14.9. The number of benzene rings is 2. The molecule has 2 aromatic rings. The molecular formula is C23H30N2O4S2. The lowest BCUT2D eigenvalue weighted by molar-refractivity contribution is -0.123. The Morgan fingerprint density at radius 1 is 1.03 bits per heavy atom. The highest BCUT2D eigenvalue weighted by atomic mass is 32.2. The summed E-state index contributed by atoms with van der Waals surface area (Å²) in [6.07, 6.45) is 5.96. The van der Waals surface area contributed by atoms with Crippen LogP contribution in [-0.2, 0) is 14.8 Å². The fourth-order valence-electron chi connectivity index (χ4n) is 3.55. The fraction of sp³-hybridized carbons (Fsp3) is 0.435. The topological polar surface area (TPSA) is 75.7 Å². The lowest BCUT2D eigenvalue weighted by atomic mass is 10.1. The summed E-state index contributed by atoms with van der Waals surface area (Å²) in [4.78, 5) is 13.7. The monoisotopic (exact) mass is 462 g/mol. The van der Waals surface area contributed by atoms with Crippen LogP contribution in [0.5, 0.6) is 5.75 Å². The van der Waals surface area contributed by atoms with E-state index in [0.717, 1.165) is 31.2 Å². The van der Waals surface area contributed by atoms with Crippen molar-refractivity contribution in [2.75, 3.05) is 26.0 Å². The highest BCUT2D eigenvalue weighted by Gasteiger charge is 2.25. The van der Waals surface area contributed by atoms with Gasteiger partial charge in [0.05, 0.1) is 10.9 Å². The van der Waals surface area contributed by atoms with Crippen LogP contribution in [-0.4, -0.2) is 44.6 Å². The normalized spacial score (nSPS) is 16.3. The molecule has 3 rings (SSSR count). The Labute approximate surface area is 189 Å². The van der Waals surface area contributed by atoms with E-state index < -0.39 is 10.0 Å². The first kappa shape index (κ1) is 23.6. The van der Waals surface area contributed by atoms with Gasteiger partial charge >= 0.3 is 0 Å². The van der Waals surface area contributed by atoms with Crippen molar-refractivity contribution < 1.29 is 17.9 Å². The van der Waals surface area contributed by atoms with E-state index in [9.17, 15) is 13.2 Å². The predicted molar refractivity (Wildman–Crippen MR) is 124 cm³/mol. The van der Waals surface area contributed by atoms with Crippen molar-refractivity contribution in [3.05, 3.63) is 54.1 Å². The zero-order valence-electron chi connectivity index (χ0n) is 18.0. The lowest BCUT2D eigenvalue weighted by Gasteiger charge is -2.20. The van der Waals surface area contributed by atoms with Crippen LogP contribution < -0.4 is 10.1 Å². The molecular weight excluding hydrogens is 432 g/mol. The van der Waals surface area contributed by atoms with Crippen LogP contribution in [0.3, 0.4) is 0 Å². The maximum Gasteiger partial charge on any atom is 0.258 e. The van der Waals surface area contributed by atoms with Crippen LogP contribution in [0.4, 0.5) is 0 Å². The number of nitrogens with zero attached hydrogens (tertiary/aromatic N) is 1. The van der Waals surface area contributed by atoms with Gasteiger partial charge in [-0.3, -0.25) is 4.79 Å². The van der Waals surface area contributed by atoms with Gasteiger partial charge in [-0.1, -0.05) is 25.0 Å². The molecule has 1 atom stereocenters. The van der Waals surface area contributed by atoms with Crippen molar-refractivity contribution in [2.45, 2.75) is 48.4 Å². The van der Waals surface area contributed by atoms with Crippen molar-refractivity contribution in [2.24, 2.45) is 0 Å². The molecule has 6 nitrogen and oxygen atoms in total. The molecule has 2 aromatic carbocycles. The zero-order valence-corrected chi connectivity index (χ0v) is 19.7. The Bertz CT molecular complexity index is 952. The summed E-state index contributed by atoms with van der Waals surface area (Å²) in [5, 5.41) is 2.92. The second kappa shape index (κ2) is 11.0. The van der Waals surface area contributed by atoms with Crippen LogP contribution >= 0.6 is 11.8 Å². The van der Waals surface area contributed by atoms with Gasteiger partial charge in [-0.05, 0) is 68.0 Å². The Balaban J connectivity index is 1.52. The van der Waals surface area contributed by atoms with Gasteiger partial charge in [0, 0.05) is 18.0 Å². The standard InChI is InChI=1S/C23H30N2O4S2/c1-18(19-7-11-21(30-2)12-8-19)24-23(26)17-29-20-9-13-22(14-10-20)31(27,28)25-15-5-3-4-6-16-25/h7-14,18H,3-6,15-17H2,1-2H3,(H,24,26). The first-order valence-corrected chi connectivity index (χ1v) is 13.2. The first-order valence-electron chi connectivity index (χ1n) is 10.6. The number of hydrogen-bond acceptors (Lipinski definition) is 5. The van der Waals surface area contributed by atoms with Crippen molar-refractivity contribution >= 4 is 27.7 Å². The highest BCUT2D eigenvalue weighted by Crippen LogP contribution is 2.23. The van der Waals surface area contributed by atoms with Crippen molar-refractivity contribution in [1.29, 1.82) is 0 Å². The third-order valence-electron chi connectivity index (χ3n) is 5.39. The third-order valence-corrected chi connectivity index (χ3v) is 8.05. The molecule has 0 bridgehead atoms. The van der Waals surface area contributed by atoms with Crippen molar-refractivity contribution in [1.82, 2.24) is 9.62 Å². The van der Waals surface area contributed by atoms with E-state index in [0.29, 0.717) is 18.8 Å². The summed E-state index contributed by atoms with van der Waals surface area (Å²) < 4.78 is 32.8. The minimum atomic E-state index is -3.49. The molecule has 31 heavy (non-hydrogen) atoms. The number of rotatable bonds is 8. The number of nitrogens with one attached hydrogen (secondary N) is 1. The third kappa shape index (κ3) is 6.48. The highest BCUT2D eigenvalue weighted by molar-refractivity contribution is 7.98. The van der Waals surface area contributed by atoms with Gasteiger partial charge in [-0.25, -0.2) is 8.42 Å². The minimum absolute atomic E-state index is 0.131. The number of carbonyl (C=O) groups is 1. The van der Waals surface area contributed by atoms with E-state index in [4.69, 9.17) is 4.74 Å². The summed E-state index contributed by atoms with van der Waals surface area (Å²) in [5.74, 6) is 0.227. The number of thioether (sulfide) groups is 1. The molecule has 0 aliphatic carbocycles. The second-order valence-corrected chi connectivity index (χ2v) is 10.5. The van der Waals surface area contributed by atoms with Crippen molar-refractivity contribution in [3.63, 3.8) is 0 Å². The smallest absolute Gasteiger partial charge is 0.258 e. The van der Waals surface area contributed by atoms with Gasteiger partial charge in [0.15, 0.2) is 6.61 Å². The molecule has 1 fully saturated rings. The molecule has 1 unspecified atom stereocenters. The molecule has 1 aliphatic heterocycles. The molecule has 1 N–H and O–H groups in total. The average molecular weight is 463 g/mol. The molecule has 0 spiro atoms. The molecule has 0 saturated carbocycles. The molecule has 0 aromatic heterocycles. The van der Waals surface area contributed by atoms with Crippen LogP contribution in [0.1, 0.15) is 44.2 Å². The average Bonchev–Trinajstić information content (AvgIpc) is 3.08. The predicted octanol–water partition coefficient (Wildman–Crippen LogP) is 4.23. The van der Waals surface area contributed by atoms with Gasteiger partial charge < -0.3 is 10.1 Å². The summed E-state index contributed by atoms with van der Waals surface area (Å²) >= 11 is 1.67. The SMILES string of the molecule is CSc1ccc(C(C)NC(=O)COc2ccc(S(=O)(=O)N3CCCCCC3)cc2)cc1. The summed E-state index contributed by atoms with van der Waals surface area (Å²) in [6.45, 7) is 2.93. The largest absolute Gasteiger partial charge is 0.484 e. The molecule has 1 aliphatic rings. The number of ether oxygens (including phenoxy) is 1. The Morgan fingerprint density at radius 2 is 1.65 bits per heavy atom. The van der Waals surface area contributed by atoms with E-state index in [1.807, 2.05) is 37.4 Å². The number of carbonyl (C=O) groups excluding carboxylic acids is 1. The summed E-state index contributed by atoms with van der Waals surface area (Å²) in [6, 6.07) is 14.2. The Kier molecular flexibility index (Phi) is 8.40. The van der Waals surface area contributed by atoms with Gasteiger partial charge in [0.25, 0.3) is 5.91 Å². The number of hydrogen-bond donors (Lipinski definition) is 1. The maximum atomic E-state index is 12.8. The Hall–Kier alpha value is -2.03. The molecule has 1 saturated heterocycles. The quantitative estimate of drug-likeness (QED) is 0.594. The van der Waals surface area contributed by atoms with Gasteiger partial charge in [0.1, 0.15) is 5.75 Å². The second-order valence-electron chi connectivity index (χ2n) is 7.64.